The molecular formula is C26H34N4O6S2. The predicted octanol–water partition coefficient (Wildman–Crippen LogP) is 3.32. The lowest BCUT2D eigenvalue weighted by molar-refractivity contribution is -0.0440. The Morgan fingerprint density at radius 2 is 1.63 bits per heavy atom. The van der Waals surface area contributed by atoms with Crippen molar-refractivity contribution in [3.8, 4) is 11.5 Å². The molecule has 0 saturated carbocycles. The first-order valence-electron chi connectivity index (χ1n) is 12.3. The molecule has 1 aromatic heterocycles. The van der Waals surface area contributed by atoms with Gasteiger partial charge in [-0.3, -0.25) is 9.69 Å². The minimum Gasteiger partial charge on any atom is -0.495 e. The molecule has 2 heterocycles. The second-order valence-electron chi connectivity index (χ2n) is 9.51. The van der Waals surface area contributed by atoms with Crippen LogP contribution in [0.5, 0.6) is 11.5 Å². The summed E-state index contributed by atoms with van der Waals surface area (Å²) in [5, 5.41) is 0.502. The summed E-state index contributed by atoms with van der Waals surface area (Å²) >= 11 is 1.34. The average Bonchev–Trinajstić information content (AvgIpc) is 3.32. The maximum Gasteiger partial charge on any atom is 0.260 e. The Labute approximate surface area is 227 Å². The molecule has 10 nitrogen and oxygen atoms in total. The number of likely N-dealkylation sites (N-methyl/N-ethyl adjacent to an activating group) is 1. The summed E-state index contributed by atoms with van der Waals surface area (Å²) in [6, 6.07) is 9.68. The van der Waals surface area contributed by atoms with Gasteiger partial charge in [0.05, 0.1) is 31.3 Å². The van der Waals surface area contributed by atoms with Gasteiger partial charge < -0.3 is 19.1 Å². The quantitative estimate of drug-likeness (QED) is 0.392. The molecule has 0 spiro atoms. The Kier molecular flexibility index (Phi) is 8.58. The van der Waals surface area contributed by atoms with Gasteiger partial charge in [0.1, 0.15) is 21.7 Å². The first-order chi connectivity index (χ1) is 18.0. The zero-order chi connectivity index (χ0) is 27.6. The highest BCUT2D eigenvalue weighted by Crippen LogP contribution is 2.40. The molecule has 1 fully saturated rings. The fourth-order valence-electron chi connectivity index (χ4n) is 4.38. The third-order valence-electron chi connectivity index (χ3n) is 6.27. The van der Waals surface area contributed by atoms with E-state index in [2.05, 4.69) is 0 Å². The van der Waals surface area contributed by atoms with Gasteiger partial charge in [0.2, 0.25) is 10.0 Å². The highest BCUT2D eigenvalue weighted by Gasteiger charge is 2.32. The average molecular weight is 563 g/mol. The van der Waals surface area contributed by atoms with Crippen LogP contribution < -0.4 is 14.4 Å². The number of sulfonamides is 1. The van der Waals surface area contributed by atoms with E-state index < -0.39 is 10.0 Å². The van der Waals surface area contributed by atoms with Crippen molar-refractivity contribution in [2.24, 2.45) is 0 Å². The molecule has 1 aliphatic rings. The number of rotatable bonds is 9. The molecule has 0 bridgehead atoms. The summed E-state index contributed by atoms with van der Waals surface area (Å²) in [4.78, 5) is 22.2. The van der Waals surface area contributed by atoms with Gasteiger partial charge in [-0.15, -0.1) is 0 Å². The van der Waals surface area contributed by atoms with E-state index in [4.69, 9.17) is 19.2 Å². The molecule has 2 aromatic carbocycles. The largest absolute Gasteiger partial charge is 0.495 e. The van der Waals surface area contributed by atoms with Gasteiger partial charge in [-0.25, -0.2) is 13.4 Å². The lowest BCUT2D eigenvalue weighted by atomic mass is 10.2. The number of hydrogen-bond acceptors (Lipinski definition) is 9. The van der Waals surface area contributed by atoms with E-state index >= 15 is 0 Å². The number of carbonyl (C=O) groups is 1. The van der Waals surface area contributed by atoms with E-state index in [9.17, 15) is 13.2 Å². The second-order valence-corrected chi connectivity index (χ2v) is 12.4. The van der Waals surface area contributed by atoms with E-state index in [1.54, 1.807) is 37.3 Å². The Morgan fingerprint density at radius 1 is 1.03 bits per heavy atom. The minimum atomic E-state index is -3.71. The Hall–Kier alpha value is -2.77. The van der Waals surface area contributed by atoms with Crippen molar-refractivity contribution >= 4 is 42.6 Å². The van der Waals surface area contributed by atoms with Crippen LogP contribution in [0.4, 0.5) is 5.13 Å². The summed E-state index contributed by atoms with van der Waals surface area (Å²) in [7, 11) is 3.31. The van der Waals surface area contributed by atoms with Gasteiger partial charge in [0.25, 0.3) is 5.91 Å². The van der Waals surface area contributed by atoms with Gasteiger partial charge in [-0.05, 0) is 64.3 Å². The summed E-state index contributed by atoms with van der Waals surface area (Å²) < 4.78 is 45.4. The lowest BCUT2D eigenvalue weighted by Crippen LogP contribution is -2.48. The molecular weight excluding hydrogens is 528 g/mol. The third kappa shape index (κ3) is 5.79. The molecule has 12 heteroatoms. The van der Waals surface area contributed by atoms with E-state index in [1.807, 2.05) is 38.9 Å². The normalized spacial score (nSPS) is 18.6. The predicted molar refractivity (Wildman–Crippen MR) is 148 cm³/mol. The van der Waals surface area contributed by atoms with Crippen molar-refractivity contribution in [2.75, 3.05) is 59.4 Å². The molecule has 0 aliphatic carbocycles. The molecule has 1 aliphatic heterocycles. The van der Waals surface area contributed by atoms with Gasteiger partial charge in [-0.2, -0.15) is 4.31 Å². The lowest BCUT2D eigenvalue weighted by Gasteiger charge is -2.34. The number of amides is 1. The van der Waals surface area contributed by atoms with Gasteiger partial charge in [0.15, 0.2) is 5.13 Å². The zero-order valence-electron chi connectivity index (χ0n) is 22.5. The minimum absolute atomic E-state index is 0.143. The molecule has 38 heavy (non-hydrogen) atoms. The van der Waals surface area contributed by atoms with Crippen LogP contribution in [0.1, 0.15) is 24.2 Å². The van der Waals surface area contributed by atoms with Crippen LogP contribution in [0, 0.1) is 0 Å². The molecule has 0 radical (unpaired) electrons. The Balaban J connectivity index is 1.66. The number of ether oxygens (including phenoxy) is 3. The number of nitrogens with zero attached hydrogens (tertiary/aromatic N) is 4. The van der Waals surface area contributed by atoms with Crippen LogP contribution in [0.2, 0.25) is 0 Å². The maximum atomic E-state index is 13.7. The second kappa shape index (κ2) is 11.5. The van der Waals surface area contributed by atoms with E-state index in [0.717, 1.165) is 4.70 Å². The fourth-order valence-corrected chi connectivity index (χ4v) is 7.06. The summed E-state index contributed by atoms with van der Waals surface area (Å²) in [5.41, 5.74) is 0.981. The van der Waals surface area contributed by atoms with Crippen molar-refractivity contribution in [3.05, 3.63) is 42.0 Å². The van der Waals surface area contributed by atoms with E-state index in [-0.39, 0.29) is 36.1 Å². The van der Waals surface area contributed by atoms with E-state index in [0.29, 0.717) is 40.8 Å². The molecule has 3 aromatic rings. The Morgan fingerprint density at radius 3 is 2.21 bits per heavy atom. The number of hydrogen-bond donors (Lipinski definition) is 0. The standard InChI is InChI=1S/C26H34N4O6S2/c1-17-15-29(16-18(2)36-17)38(32,33)20-9-7-19(8-10-20)25(31)30(14-13-28(3)4)26-27-23-21(34-5)11-12-22(35-6)24(23)37-26/h7-12,17-18H,13-16H2,1-6H3. The van der Waals surface area contributed by atoms with Crippen LogP contribution in [0.15, 0.2) is 41.3 Å². The Bertz CT molecular complexity index is 1340. The number of carbonyl (C=O) groups excluding carboxylic acids is 1. The number of fused-ring (bicyclic) bond motifs is 1. The SMILES string of the molecule is COc1ccc(OC)c2sc(N(CCN(C)C)C(=O)c3ccc(S(=O)(=O)N4CC(C)OC(C)C4)cc3)nc12. The number of anilines is 1. The number of benzene rings is 2. The molecule has 2 atom stereocenters. The topological polar surface area (TPSA) is 102 Å². The fraction of sp³-hybridized carbons (Fsp3) is 0.462. The molecule has 1 saturated heterocycles. The van der Waals surface area contributed by atoms with Gasteiger partial charge in [0, 0.05) is 31.7 Å². The van der Waals surface area contributed by atoms with Crippen molar-refractivity contribution < 1.29 is 27.4 Å². The highest BCUT2D eigenvalue weighted by atomic mass is 32.2. The zero-order valence-corrected chi connectivity index (χ0v) is 24.1. The maximum absolute atomic E-state index is 13.7. The molecule has 2 unspecified atom stereocenters. The highest BCUT2D eigenvalue weighted by molar-refractivity contribution is 7.89. The van der Waals surface area contributed by atoms with Crippen molar-refractivity contribution in [3.63, 3.8) is 0 Å². The number of aromatic nitrogens is 1. The van der Waals surface area contributed by atoms with Crippen LogP contribution in [0.25, 0.3) is 10.2 Å². The number of thiazole rings is 1. The summed E-state index contributed by atoms with van der Waals surface area (Å²) in [5.74, 6) is 0.955. The summed E-state index contributed by atoms with van der Waals surface area (Å²) in [6.07, 6.45) is -0.378. The molecule has 206 valence electrons. The number of methoxy groups -OCH3 is 2. The van der Waals surface area contributed by atoms with Crippen LogP contribution in [0.3, 0.4) is 0 Å². The van der Waals surface area contributed by atoms with Gasteiger partial charge >= 0.3 is 0 Å². The molecule has 4 rings (SSSR count). The van der Waals surface area contributed by atoms with Crippen molar-refractivity contribution in [1.82, 2.24) is 14.2 Å². The monoisotopic (exact) mass is 562 g/mol. The van der Waals surface area contributed by atoms with Crippen LogP contribution in [-0.2, 0) is 14.8 Å². The molecule has 1 amide bonds. The smallest absolute Gasteiger partial charge is 0.260 e. The van der Waals surface area contributed by atoms with Crippen molar-refractivity contribution in [2.45, 2.75) is 31.0 Å². The van der Waals surface area contributed by atoms with Crippen molar-refractivity contribution in [1.29, 1.82) is 0 Å². The number of morpholine rings is 1. The summed E-state index contributed by atoms with van der Waals surface area (Å²) in [6.45, 7) is 5.28. The first kappa shape index (κ1) is 28.2. The van der Waals surface area contributed by atoms with Gasteiger partial charge in [-0.1, -0.05) is 11.3 Å². The molecule has 0 N–H and O–H groups in total. The third-order valence-corrected chi connectivity index (χ3v) is 9.21. The van der Waals surface area contributed by atoms with Crippen LogP contribution >= 0.6 is 11.3 Å². The van der Waals surface area contributed by atoms with E-state index in [1.165, 1.54) is 27.8 Å². The first-order valence-corrected chi connectivity index (χ1v) is 14.5. The van der Waals surface area contributed by atoms with Crippen LogP contribution in [-0.4, -0.2) is 95.2 Å².